The van der Waals surface area contributed by atoms with Crippen LogP contribution in [0.5, 0.6) is 0 Å². The number of hydrogen-bond donors (Lipinski definition) is 2. The van der Waals surface area contributed by atoms with Crippen molar-refractivity contribution in [1.82, 2.24) is 19.6 Å². The third-order valence-electron chi connectivity index (χ3n) is 5.40. The third-order valence-corrected chi connectivity index (χ3v) is 6.47. The average Bonchev–Trinajstić information content (AvgIpc) is 3.26. The molecule has 1 aromatic heterocycles. The first-order valence-electron chi connectivity index (χ1n) is 10.7. The summed E-state index contributed by atoms with van der Waals surface area (Å²) in [6.45, 7) is 7.21. The Morgan fingerprint density at radius 2 is 1.78 bits per heavy atom. The van der Waals surface area contributed by atoms with Gasteiger partial charge in [0, 0.05) is 67.9 Å². The molecule has 2 aromatic carbocycles. The van der Waals surface area contributed by atoms with Crippen LogP contribution >= 0.6 is 23.1 Å². The number of halogens is 1. The van der Waals surface area contributed by atoms with E-state index in [0.29, 0.717) is 11.6 Å². The zero-order valence-corrected chi connectivity index (χ0v) is 19.6. The Morgan fingerprint density at radius 1 is 1.06 bits per heavy atom. The van der Waals surface area contributed by atoms with E-state index in [0.717, 1.165) is 55.8 Å². The number of aromatic nitrogens is 2. The van der Waals surface area contributed by atoms with Gasteiger partial charge < -0.3 is 15.5 Å². The standard InChI is InChI=1S/C23H27ClN6OS/c1-17-2-4-18(5-3-17)16-21-27-23(32-28-21)30-14-12-29(13-15-30)11-10-25-22(31)26-20-8-6-19(24)7-9-20/h2-9H,10-16H2,1H3,(H2,25,26,31). The Balaban J connectivity index is 1.17. The fraction of sp³-hybridized carbons (Fsp3) is 0.348. The maximum atomic E-state index is 12.0. The number of aryl methyl sites for hydroxylation is 1. The van der Waals surface area contributed by atoms with Crippen LogP contribution in [0.4, 0.5) is 15.6 Å². The predicted octanol–water partition coefficient (Wildman–Crippen LogP) is 4.03. The molecule has 2 heterocycles. The van der Waals surface area contributed by atoms with Gasteiger partial charge in [-0.2, -0.15) is 4.37 Å². The highest BCUT2D eigenvalue weighted by atomic mass is 35.5. The first kappa shape index (κ1) is 22.5. The SMILES string of the molecule is Cc1ccc(Cc2nsc(N3CCN(CCNC(=O)Nc4ccc(Cl)cc4)CC3)n2)cc1. The van der Waals surface area contributed by atoms with Crippen LogP contribution < -0.4 is 15.5 Å². The molecule has 0 spiro atoms. The smallest absolute Gasteiger partial charge is 0.319 e. The Kier molecular flexibility index (Phi) is 7.57. The van der Waals surface area contributed by atoms with E-state index in [1.165, 1.54) is 22.7 Å². The molecule has 1 fully saturated rings. The van der Waals surface area contributed by atoms with Gasteiger partial charge in [-0.3, -0.25) is 4.90 Å². The lowest BCUT2D eigenvalue weighted by molar-refractivity contribution is 0.240. The molecule has 0 atom stereocenters. The van der Waals surface area contributed by atoms with Gasteiger partial charge in [-0.15, -0.1) is 0 Å². The summed E-state index contributed by atoms with van der Waals surface area (Å²) in [4.78, 5) is 21.4. The average molecular weight is 471 g/mol. The van der Waals surface area contributed by atoms with Gasteiger partial charge in [-0.05, 0) is 36.8 Å². The monoisotopic (exact) mass is 470 g/mol. The molecule has 168 valence electrons. The number of carbonyl (C=O) groups excluding carboxylic acids is 1. The van der Waals surface area contributed by atoms with Crippen LogP contribution in [0.3, 0.4) is 0 Å². The number of hydrogen-bond acceptors (Lipinski definition) is 6. The second-order valence-electron chi connectivity index (χ2n) is 7.87. The highest BCUT2D eigenvalue weighted by Gasteiger charge is 2.20. The number of carbonyl (C=O) groups is 1. The highest BCUT2D eigenvalue weighted by molar-refractivity contribution is 7.09. The van der Waals surface area contributed by atoms with Crippen molar-refractivity contribution >= 4 is 40.0 Å². The lowest BCUT2D eigenvalue weighted by Gasteiger charge is -2.34. The van der Waals surface area contributed by atoms with E-state index in [1.807, 2.05) is 0 Å². The molecule has 0 unspecified atom stereocenters. The number of rotatable bonds is 7. The molecule has 2 amide bonds. The Morgan fingerprint density at radius 3 is 2.50 bits per heavy atom. The van der Waals surface area contributed by atoms with Gasteiger partial charge in [0.1, 0.15) is 5.82 Å². The number of nitrogens with one attached hydrogen (secondary N) is 2. The van der Waals surface area contributed by atoms with E-state index in [1.54, 1.807) is 24.3 Å². The molecule has 0 bridgehead atoms. The molecule has 7 nitrogen and oxygen atoms in total. The van der Waals surface area contributed by atoms with E-state index in [9.17, 15) is 4.79 Å². The minimum absolute atomic E-state index is 0.207. The number of piperazine rings is 1. The number of amides is 2. The van der Waals surface area contributed by atoms with E-state index in [2.05, 4.69) is 56.0 Å². The van der Waals surface area contributed by atoms with Crippen molar-refractivity contribution in [3.8, 4) is 0 Å². The molecule has 1 aliphatic heterocycles. The van der Waals surface area contributed by atoms with Crippen LogP contribution in [-0.2, 0) is 6.42 Å². The van der Waals surface area contributed by atoms with Crippen LogP contribution in [0.1, 0.15) is 17.0 Å². The molecule has 0 aliphatic carbocycles. The second-order valence-corrected chi connectivity index (χ2v) is 9.04. The lowest BCUT2D eigenvalue weighted by atomic mass is 10.1. The van der Waals surface area contributed by atoms with Crippen molar-refractivity contribution in [3.63, 3.8) is 0 Å². The van der Waals surface area contributed by atoms with E-state index in [-0.39, 0.29) is 6.03 Å². The van der Waals surface area contributed by atoms with Gasteiger partial charge in [-0.25, -0.2) is 9.78 Å². The summed E-state index contributed by atoms with van der Waals surface area (Å²) in [6, 6.07) is 15.4. The molecule has 0 radical (unpaired) electrons. The minimum atomic E-state index is -0.207. The fourth-order valence-corrected chi connectivity index (χ4v) is 4.39. The van der Waals surface area contributed by atoms with Crippen molar-refractivity contribution in [2.75, 3.05) is 49.5 Å². The van der Waals surface area contributed by atoms with Crippen LogP contribution in [-0.4, -0.2) is 59.6 Å². The zero-order valence-electron chi connectivity index (χ0n) is 18.1. The van der Waals surface area contributed by atoms with Crippen LogP contribution in [0.15, 0.2) is 48.5 Å². The summed E-state index contributed by atoms with van der Waals surface area (Å²) in [5, 5.41) is 7.35. The van der Waals surface area contributed by atoms with Gasteiger partial charge >= 0.3 is 6.03 Å². The summed E-state index contributed by atoms with van der Waals surface area (Å²) >= 11 is 7.34. The molecule has 2 N–H and O–H groups in total. The van der Waals surface area contributed by atoms with Crippen LogP contribution in [0, 0.1) is 6.92 Å². The largest absolute Gasteiger partial charge is 0.344 e. The Hall–Kier alpha value is -2.68. The molecule has 32 heavy (non-hydrogen) atoms. The topological polar surface area (TPSA) is 73.4 Å². The summed E-state index contributed by atoms with van der Waals surface area (Å²) in [5.41, 5.74) is 3.22. The quantitative estimate of drug-likeness (QED) is 0.545. The van der Waals surface area contributed by atoms with Gasteiger partial charge in [0.05, 0.1) is 0 Å². The normalized spacial score (nSPS) is 14.4. The van der Waals surface area contributed by atoms with Crippen molar-refractivity contribution in [2.24, 2.45) is 0 Å². The molecular formula is C23H27ClN6OS. The second kappa shape index (κ2) is 10.8. The van der Waals surface area contributed by atoms with Crippen LogP contribution in [0.2, 0.25) is 5.02 Å². The Bertz CT molecular complexity index is 1020. The van der Waals surface area contributed by atoms with Crippen molar-refractivity contribution in [2.45, 2.75) is 13.3 Å². The number of benzene rings is 2. The predicted molar refractivity (Wildman–Crippen MR) is 131 cm³/mol. The van der Waals surface area contributed by atoms with Crippen LogP contribution in [0.25, 0.3) is 0 Å². The van der Waals surface area contributed by atoms with Gasteiger partial charge in [0.25, 0.3) is 0 Å². The minimum Gasteiger partial charge on any atom is -0.344 e. The fourth-order valence-electron chi connectivity index (χ4n) is 3.53. The number of urea groups is 1. The maximum Gasteiger partial charge on any atom is 0.319 e. The molecule has 4 rings (SSSR count). The zero-order chi connectivity index (χ0) is 22.3. The van der Waals surface area contributed by atoms with E-state index >= 15 is 0 Å². The van der Waals surface area contributed by atoms with Gasteiger partial charge in [0.15, 0.2) is 0 Å². The summed E-state index contributed by atoms with van der Waals surface area (Å²) in [7, 11) is 0. The third kappa shape index (κ3) is 6.41. The highest BCUT2D eigenvalue weighted by Crippen LogP contribution is 2.20. The first-order valence-corrected chi connectivity index (χ1v) is 11.9. The molecule has 0 saturated carbocycles. The lowest BCUT2D eigenvalue weighted by Crippen LogP contribution is -2.48. The summed E-state index contributed by atoms with van der Waals surface area (Å²) < 4.78 is 4.55. The van der Waals surface area contributed by atoms with Gasteiger partial charge in [0.2, 0.25) is 5.13 Å². The summed E-state index contributed by atoms with van der Waals surface area (Å²) in [6.07, 6.45) is 0.764. The molecule has 3 aromatic rings. The molecule has 1 aliphatic rings. The molecule has 9 heteroatoms. The van der Waals surface area contributed by atoms with E-state index in [4.69, 9.17) is 16.6 Å². The Labute approximate surface area is 197 Å². The van der Waals surface area contributed by atoms with Crippen molar-refractivity contribution < 1.29 is 4.79 Å². The molecular weight excluding hydrogens is 444 g/mol. The van der Waals surface area contributed by atoms with Gasteiger partial charge in [-0.1, -0.05) is 41.4 Å². The number of anilines is 2. The van der Waals surface area contributed by atoms with Crippen molar-refractivity contribution in [3.05, 3.63) is 70.5 Å². The molecule has 1 saturated heterocycles. The number of nitrogens with zero attached hydrogens (tertiary/aromatic N) is 4. The first-order chi connectivity index (χ1) is 15.5. The van der Waals surface area contributed by atoms with E-state index < -0.39 is 0 Å². The maximum absolute atomic E-state index is 12.0. The van der Waals surface area contributed by atoms with Crippen molar-refractivity contribution in [1.29, 1.82) is 0 Å². The summed E-state index contributed by atoms with van der Waals surface area (Å²) in [5.74, 6) is 0.882.